The molecular weight excluding hydrogens is 319 g/mol. The highest BCUT2D eigenvalue weighted by Gasteiger charge is 2.36. The fourth-order valence-electron chi connectivity index (χ4n) is 3.00. The number of hydrogen-bond donors (Lipinski definition) is 1. The van der Waals surface area contributed by atoms with Crippen LogP contribution in [0, 0.1) is 18.7 Å². The van der Waals surface area contributed by atoms with Gasteiger partial charge in [0.15, 0.2) is 0 Å². The Morgan fingerprint density at radius 2 is 2.09 bits per heavy atom. The van der Waals surface area contributed by atoms with Gasteiger partial charge in [-0.1, -0.05) is 19.4 Å². The van der Waals surface area contributed by atoms with Crippen LogP contribution in [0.2, 0.25) is 0 Å². The summed E-state index contributed by atoms with van der Waals surface area (Å²) in [5.74, 6) is -0.794. The maximum atomic E-state index is 13.9. The SMILES string of the molecule is CCC[C@@H]1CN(C(C)=O)C[C@H]1NS(=O)(=O)c1cc(C)ccc1F. The molecule has 1 N–H and O–H groups in total. The van der Waals surface area contributed by atoms with Gasteiger partial charge in [0.05, 0.1) is 0 Å². The first-order valence-electron chi connectivity index (χ1n) is 7.78. The van der Waals surface area contributed by atoms with Gasteiger partial charge in [-0.25, -0.2) is 17.5 Å². The third kappa shape index (κ3) is 4.09. The van der Waals surface area contributed by atoms with E-state index >= 15 is 0 Å². The smallest absolute Gasteiger partial charge is 0.243 e. The third-order valence-corrected chi connectivity index (χ3v) is 5.73. The second kappa shape index (κ2) is 6.97. The predicted octanol–water partition coefficient (Wildman–Crippen LogP) is 2.06. The van der Waals surface area contributed by atoms with Crippen LogP contribution in [-0.4, -0.2) is 38.4 Å². The lowest BCUT2D eigenvalue weighted by atomic mass is 9.99. The molecule has 5 nitrogen and oxygen atoms in total. The molecule has 128 valence electrons. The average Bonchev–Trinajstić information content (AvgIpc) is 2.84. The maximum Gasteiger partial charge on any atom is 0.243 e. The first-order valence-corrected chi connectivity index (χ1v) is 9.27. The summed E-state index contributed by atoms with van der Waals surface area (Å²) in [6.45, 7) is 6.06. The Labute approximate surface area is 136 Å². The van der Waals surface area contributed by atoms with E-state index in [1.165, 1.54) is 19.1 Å². The van der Waals surface area contributed by atoms with E-state index in [-0.39, 0.29) is 22.8 Å². The van der Waals surface area contributed by atoms with Gasteiger partial charge in [-0.15, -0.1) is 0 Å². The van der Waals surface area contributed by atoms with Crippen molar-refractivity contribution in [2.45, 2.75) is 44.6 Å². The fraction of sp³-hybridized carbons (Fsp3) is 0.562. The van der Waals surface area contributed by atoms with Gasteiger partial charge in [-0.3, -0.25) is 4.79 Å². The zero-order chi connectivity index (χ0) is 17.2. The quantitative estimate of drug-likeness (QED) is 0.891. The highest BCUT2D eigenvalue weighted by Crippen LogP contribution is 2.24. The van der Waals surface area contributed by atoms with Gasteiger partial charge in [-0.2, -0.15) is 0 Å². The maximum absolute atomic E-state index is 13.9. The Kier molecular flexibility index (Phi) is 5.41. The number of carbonyl (C=O) groups is 1. The van der Waals surface area contributed by atoms with E-state index in [9.17, 15) is 17.6 Å². The molecule has 0 aromatic heterocycles. The van der Waals surface area contributed by atoms with Crippen LogP contribution >= 0.6 is 0 Å². The van der Waals surface area contributed by atoms with Gasteiger partial charge in [-0.05, 0) is 37.0 Å². The van der Waals surface area contributed by atoms with Crippen molar-refractivity contribution < 1.29 is 17.6 Å². The molecule has 0 bridgehead atoms. The number of aryl methyl sites for hydroxylation is 1. The molecular formula is C16H23FN2O3S. The molecule has 1 aliphatic heterocycles. The molecule has 1 aromatic carbocycles. The Balaban J connectivity index is 2.24. The van der Waals surface area contributed by atoms with Crippen LogP contribution in [0.25, 0.3) is 0 Å². The fourth-order valence-corrected chi connectivity index (χ4v) is 4.46. The van der Waals surface area contributed by atoms with E-state index < -0.39 is 15.8 Å². The number of nitrogens with zero attached hydrogens (tertiary/aromatic N) is 1. The number of likely N-dealkylation sites (tertiary alicyclic amines) is 1. The molecule has 23 heavy (non-hydrogen) atoms. The van der Waals surface area contributed by atoms with Crippen molar-refractivity contribution in [3.63, 3.8) is 0 Å². The second-order valence-electron chi connectivity index (χ2n) is 6.13. The van der Waals surface area contributed by atoms with Crippen molar-refractivity contribution in [1.29, 1.82) is 0 Å². The van der Waals surface area contributed by atoms with E-state index in [2.05, 4.69) is 4.72 Å². The first-order chi connectivity index (χ1) is 10.7. The van der Waals surface area contributed by atoms with Gasteiger partial charge in [0.25, 0.3) is 0 Å². The van der Waals surface area contributed by atoms with Crippen LogP contribution in [0.1, 0.15) is 32.3 Å². The van der Waals surface area contributed by atoms with Gasteiger partial charge >= 0.3 is 0 Å². The minimum Gasteiger partial charge on any atom is -0.341 e. The standard InChI is InChI=1S/C16H23FN2O3S/c1-4-5-13-9-19(12(3)20)10-15(13)18-23(21,22)16-8-11(2)6-7-14(16)17/h6-8,13,15,18H,4-5,9-10H2,1-3H3/t13-,15-/m1/s1. The molecule has 1 aromatic rings. The molecule has 0 spiro atoms. The average molecular weight is 342 g/mol. The summed E-state index contributed by atoms with van der Waals surface area (Å²) in [5, 5.41) is 0. The zero-order valence-corrected chi connectivity index (χ0v) is 14.5. The first kappa shape index (κ1) is 17.9. The molecule has 1 aliphatic rings. The summed E-state index contributed by atoms with van der Waals surface area (Å²) in [6, 6.07) is 3.62. The third-order valence-electron chi connectivity index (χ3n) is 4.23. The summed E-state index contributed by atoms with van der Waals surface area (Å²) in [6.07, 6.45) is 1.71. The van der Waals surface area contributed by atoms with Gasteiger partial charge in [0.1, 0.15) is 10.7 Å². The van der Waals surface area contributed by atoms with Crippen LogP contribution in [-0.2, 0) is 14.8 Å². The monoisotopic (exact) mass is 342 g/mol. The Bertz CT molecular complexity index is 691. The van der Waals surface area contributed by atoms with Crippen molar-refractivity contribution >= 4 is 15.9 Å². The lowest BCUT2D eigenvalue weighted by molar-refractivity contribution is -0.127. The molecule has 1 saturated heterocycles. The highest BCUT2D eigenvalue weighted by molar-refractivity contribution is 7.89. The second-order valence-corrected chi connectivity index (χ2v) is 7.82. The topological polar surface area (TPSA) is 66.5 Å². The molecule has 1 amide bonds. The molecule has 7 heteroatoms. The van der Waals surface area contributed by atoms with Crippen molar-refractivity contribution in [1.82, 2.24) is 9.62 Å². The largest absolute Gasteiger partial charge is 0.341 e. The predicted molar refractivity (Wildman–Crippen MR) is 85.9 cm³/mol. The highest BCUT2D eigenvalue weighted by atomic mass is 32.2. The lowest BCUT2D eigenvalue weighted by Gasteiger charge is -2.19. The molecule has 0 saturated carbocycles. The van der Waals surface area contributed by atoms with E-state index in [1.807, 2.05) is 6.92 Å². The number of hydrogen-bond acceptors (Lipinski definition) is 3. The van der Waals surface area contributed by atoms with Gasteiger partial charge in [0.2, 0.25) is 15.9 Å². The van der Waals surface area contributed by atoms with E-state index in [1.54, 1.807) is 11.8 Å². The number of amides is 1. The van der Waals surface area contributed by atoms with Crippen molar-refractivity contribution in [3.05, 3.63) is 29.6 Å². The van der Waals surface area contributed by atoms with Crippen LogP contribution < -0.4 is 4.72 Å². The van der Waals surface area contributed by atoms with Crippen LogP contribution in [0.4, 0.5) is 4.39 Å². The number of benzene rings is 1. The van der Waals surface area contributed by atoms with Crippen LogP contribution in [0.15, 0.2) is 23.1 Å². The Morgan fingerprint density at radius 3 is 2.70 bits per heavy atom. The molecule has 2 rings (SSSR count). The Morgan fingerprint density at radius 1 is 1.39 bits per heavy atom. The number of sulfonamides is 1. The van der Waals surface area contributed by atoms with Crippen molar-refractivity contribution in [3.8, 4) is 0 Å². The molecule has 0 unspecified atom stereocenters. The summed E-state index contributed by atoms with van der Waals surface area (Å²) in [5.41, 5.74) is 0.675. The van der Waals surface area contributed by atoms with Crippen molar-refractivity contribution in [2.24, 2.45) is 5.92 Å². The number of carbonyl (C=O) groups excluding carboxylic acids is 1. The van der Waals surface area contributed by atoms with E-state index in [4.69, 9.17) is 0 Å². The molecule has 1 heterocycles. The van der Waals surface area contributed by atoms with Crippen LogP contribution in [0.3, 0.4) is 0 Å². The normalized spacial score (nSPS) is 21.7. The van der Waals surface area contributed by atoms with Gasteiger partial charge in [0, 0.05) is 26.1 Å². The zero-order valence-electron chi connectivity index (χ0n) is 13.7. The van der Waals surface area contributed by atoms with Crippen LogP contribution in [0.5, 0.6) is 0 Å². The molecule has 1 fully saturated rings. The lowest BCUT2D eigenvalue weighted by Crippen LogP contribution is -2.41. The minimum atomic E-state index is -3.96. The Hall–Kier alpha value is -1.47. The number of halogens is 1. The summed E-state index contributed by atoms with van der Waals surface area (Å²) in [4.78, 5) is 12.9. The van der Waals surface area contributed by atoms with Gasteiger partial charge < -0.3 is 4.90 Å². The number of nitrogens with one attached hydrogen (secondary N) is 1. The molecule has 0 aliphatic carbocycles. The summed E-state index contributed by atoms with van der Waals surface area (Å²) >= 11 is 0. The molecule has 2 atom stereocenters. The van der Waals surface area contributed by atoms with E-state index in [0.29, 0.717) is 18.7 Å². The molecule has 0 radical (unpaired) electrons. The van der Waals surface area contributed by atoms with Crippen molar-refractivity contribution in [2.75, 3.05) is 13.1 Å². The van der Waals surface area contributed by atoms with E-state index in [0.717, 1.165) is 18.9 Å². The number of rotatable bonds is 5. The summed E-state index contributed by atoms with van der Waals surface area (Å²) < 4.78 is 41.6. The minimum absolute atomic E-state index is 0.0477. The summed E-state index contributed by atoms with van der Waals surface area (Å²) in [7, 11) is -3.96.